The first kappa shape index (κ1) is 30.9. The van der Waals surface area contributed by atoms with Gasteiger partial charge in [-0.25, -0.2) is 14.4 Å². The van der Waals surface area contributed by atoms with Crippen LogP contribution in [0.4, 0.5) is 0 Å². The van der Waals surface area contributed by atoms with Gasteiger partial charge in [0.2, 0.25) is 0 Å². The van der Waals surface area contributed by atoms with Crippen LogP contribution in [-0.2, 0) is 12.8 Å². The zero-order valence-corrected chi connectivity index (χ0v) is 23.2. The van der Waals surface area contributed by atoms with Gasteiger partial charge in [0.25, 0.3) is 0 Å². The highest BCUT2D eigenvalue weighted by Crippen LogP contribution is 2.20. The lowest BCUT2D eigenvalue weighted by Crippen LogP contribution is -2.13. The van der Waals surface area contributed by atoms with Crippen molar-refractivity contribution in [2.45, 2.75) is 19.8 Å². The van der Waals surface area contributed by atoms with Gasteiger partial charge in [0.15, 0.2) is 23.1 Å². The minimum atomic E-state index is -1.37. The van der Waals surface area contributed by atoms with Gasteiger partial charge in [-0.3, -0.25) is 19.2 Å². The fraction of sp³-hybridized carbons (Fsp3) is 0.0882. The normalized spacial score (nSPS) is 10.6. The van der Waals surface area contributed by atoms with E-state index in [2.05, 4.69) is 0 Å². The highest BCUT2D eigenvalue weighted by molar-refractivity contribution is 6.11. The summed E-state index contributed by atoms with van der Waals surface area (Å²) in [6.45, 7) is 1.28. The van der Waals surface area contributed by atoms with Crippen molar-refractivity contribution in [3.8, 4) is 0 Å². The molecule has 0 fully saturated rings. The van der Waals surface area contributed by atoms with E-state index in [0.717, 1.165) is 18.2 Å². The van der Waals surface area contributed by atoms with Crippen molar-refractivity contribution < 1.29 is 48.9 Å². The van der Waals surface area contributed by atoms with Crippen LogP contribution in [0.1, 0.15) is 96.1 Å². The predicted molar refractivity (Wildman–Crippen MR) is 156 cm³/mol. The Morgan fingerprint density at radius 2 is 0.818 bits per heavy atom. The number of rotatable bonds is 12. The first-order chi connectivity index (χ1) is 20.8. The van der Waals surface area contributed by atoms with Crippen LogP contribution in [0.5, 0.6) is 0 Å². The zero-order valence-electron chi connectivity index (χ0n) is 23.2. The smallest absolute Gasteiger partial charge is 0.336 e. The van der Waals surface area contributed by atoms with E-state index in [4.69, 9.17) is 0 Å². The molecule has 220 valence electrons. The molecule has 0 saturated heterocycles. The number of hydrogen-bond acceptors (Lipinski definition) is 7. The van der Waals surface area contributed by atoms with Crippen LogP contribution in [0.15, 0.2) is 84.9 Å². The Hall–Kier alpha value is -6.03. The van der Waals surface area contributed by atoms with E-state index < -0.39 is 29.5 Å². The Morgan fingerprint density at radius 3 is 1.18 bits per heavy atom. The van der Waals surface area contributed by atoms with Crippen molar-refractivity contribution in [1.29, 1.82) is 0 Å². The number of ketones is 4. The first-order valence-corrected chi connectivity index (χ1v) is 13.1. The molecule has 10 nitrogen and oxygen atoms in total. The molecular weight excluding hydrogens is 568 g/mol. The average molecular weight is 593 g/mol. The second-order valence-corrected chi connectivity index (χ2v) is 9.92. The summed E-state index contributed by atoms with van der Waals surface area (Å²) in [5.41, 5.74) is 0.887. The summed E-state index contributed by atoms with van der Waals surface area (Å²) in [6, 6.07) is 19.3. The van der Waals surface area contributed by atoms with Crippen molar-refractivity contribution in [3.63, 3.8) is 0 Å². The topological polar surface area (TPSA) is 180 Å². The van der Waals surface area contributed by atoms with E-state index in [1.54, 1.807) is 12.1 Å². The molecule has 4 rings (SSSR count). The quantitative estimate of drug-likeness (QED) is 0.188. The molecule has 10 heteroatoms. The Labute approximate surface area is 250 Å². The SMILES string of the molecule is CC(=O)c1ccc(C(=O)O)cc1C(=O)Cc1ccc(C(=O)c2ccc(CC(=O)c3cc(C(=O)O)ccc3C(=O)O)cc2)cc1. The van der Waals surface area contributed by atoms with Gasteiger partial charge in [-0.1, -0.05) is 48.5 Å². The summed E-state index contributed by atoms with van der Waals surface area (Å²) in [5, 5.41) is 27.9. The standard InChI is InChI=1S/C34H24O10/c1-18(35)25-12-10-23(32(39)40)16-27(25)29(36)14-19-2-6-21(7-3-19)31(38)22-8-4-20(5-9-22)15-30(37)28-17-24(33(41)42)11-13-26(28)34(43)44/h2-13,16-17H,14-15H2,1H3,(H,39,40)(H,41,42)(H,43,44). The van der Waals surface area contributed by atoms with Gasteiger partial charge in [0.1, 0.15) is 0 Å². The van der Waals surface area contributed by atoms with Crippen LogP contribution in [-0.4, -0.2) is 56.4 Å². The molecule has 0 spiro atoms. The lowest BCUT2D eigenvalue weighted by Gasteiger charge is -2.09. The molecule has 4 aromatic carbocycles. The van der Waals surface area contributed by atoms with Crippen molar-refractivity contribution in [2.24, 2.45) is 0 Å². The number of carbonyl (C=O) groups excluding carboxylic acids is 4. The number of carboxylic acid groups (broad SMARTS) is 3. The summed E-state index contributed by atoms with van der Waals surface area (Å²) >= 11 is 0. The average Bonchev–Trinajstić information content (AvgIpc) is 3.00. The van der Waals surface area contributed by atoms with Crippen molar-refractivity contribution >= 4 is 41.0 Å². The second kappa shape index (κ2) is 12.9. The van der Waals surface area contributed by atoms with Crippen LogP contribution in [0.25, 0.3) is 0 Å². The number of Topliss-reactive ketones (excluding diaryl/α,β-unsaturated/α-hetero) is 3. The van der Waals surface area contributed by atoms with E-state index >= 15 is 0 Å². The molecule has 0 aliphatic heterocycles. The molecule has 0 heterocycles. The number of benzene rings is 4. The predicted octanol–water partition coefficient (Wildman–Crippen LogP) is 5.07. The lowest BCUT2D eigenvalue weighted by atomic mass is 9.93. The molecule has 0 unspecified atom stereocenters. The molecule has 0 radical (unpaired) electrons. The number of aromatic carboxylic acids is 3. The van der Waals surface area contributed by atoms with Gasteiger partial charge in [0.05, 0.1) is 16.7 Å². The Bertz CT molecular complexity index is 1710. The molecule has 0 aliphatic carbocycles. The number of hydrogen-bond donors (Lipinski definition) is 3. The summed E-state index contributed by atoms with van der Waals surface area (Å²) in [4.78, 5) is 85.0. The molecule has 0 amide bonds. The van der Waals surface area contributed by atoms with E-state index in [1.807, 2.05) is 0 Å². The van der Waals surface area contributed by atoms with Crippen molar-refractivity contribution in [2.75, 3.05) is 0 Å². The van der Waals surface area contributed by atoms with Gasteiger partial charge >= 0.3 is 17.9 Å². The Kier molecular flexibility index (Phi) is 9.04. The third-order valence-corrected chi connectivity index (χ3v) is 6.91. The first-order valence-electron chi connectivity index (χ1n) is 13.1. The van der Waals surface area contributed by atoms with Gasteiger partial charge in [-0.2, -0.15) is 0 Å². The summed E-state index contributed by atoms with van der Waals surface area (Å²) < 4.78 is 0. The molecule has 0 saturated carbocycles. The fourth-order valence-corrected chi connectivity index (χ4v) is 4.59. The highest BCUT2D eigenvalue weighted by Gasteiger charge is 2.21. The van der Waals surface area contributed by atoms with Crippen LogP contribution in [0.3, 0.4) is 0 Å². The van der Waals surface area contributed by atoms with E-state index in [-0.39, 0.29) is 57.8 Å². The maximum atomic E-state index is 13.1. The lowest BCUT2D eigenvalue weighted by molar-refractivity contribution is 0.0678. The molecule has 44 heavy (non-hydrogen) atoms. The molecule has 3 N–H and O–H groups in total. The van der Waals surface area contributed by atoms with Crippen molar-refractivity contribution in [3.05, 3.63) is 141 Å². The molecule has 0 atom stereocenters. The largest absolute Gasteiger partial charge is 0.478 e. The van der Waals surface area contributed by atoms with Gasteiger partial charge in [0, 0.05) is 40.7 Å². The minimum Gasteiger partial charge on any atom is -0.478 e. The monoisotopic (exact) mass is 592 g/mol. The fourth-order valence-electron chi connectivity index (χ4n) is 4.59. The summed E-state index contributed by atoms with van der Waals surface area (Å²) in [7, 11) is 0. The maximum absolute atomic E-state index is 13.1. The summed E-state index contributed by atoms with van der Waals surface area (Å²) in [5.74, 6) is -5.65. The van der Waals surface area contributed by atoms with Crippen LogP contribution in [0.2, 0.25) is 0 Å². The van der Waals surface area contributed by atoms with Gasteiger partial charge < -0.3 is 15.3 Å². The zero-order chi connectivity index (χ0) is 32.1. The third kappa shape index (κ3) is 6.88. The summed E-state index contributed by atoms with van der Waals surface area (Å²) in [6.07, 6.45) is -0.346. The van der Waals surface area contributed by atoms with Crippen LogP contribution >= 0.6 is 0 Å². The van der Waals surface area contributed by atoms with Crippen molar-refractivity contribution in [1.82, 2.24) is 0 Å². The Morgan fingerprint density at radius 1 is 0.455 bits per heavy atom. The number of carbonyl (C=O) groups is 7. The minimum absolute atomic E-state index is 0.00454. The molecule has 0 bridgehead atoms. The Balaban J connectivity index is 1.46. The highest BCUT2D eigenvalue weighted by atomic mass is 16.4. The molecule has 0 aromatic heterocycles. The van der Waals surface area contributed by atoms with Crippen LogP contribution < -0.4 is 0 Å². The number of carboxylic acids is 3. The second-order valence-electron chi connectivity index (χ2n) is 9.92. The van der Waals surface area contributed by atoms with E-state index in [0.29, 0.717) is 22.3 Å². The van der Waals surface area contributed by atoms with E-state index in [9.17, 15) is 48.9 Å². The van der Waals surface area contributed by atoms with Gasteiger partial charge in [-0.05, 0) is 54.4 Å². The van der Waals surface area contributed by atoms with Gasteiger partial charge in [-0.15, -0.1) is 0 Å². The third-order valence-electron chi connectivity index (χ3n) is 6.91. The molecule has 4 aromatic rings. The van der Waals surface area contributed by atoms with E-state index in [1.165, 1.54) is 61.5 Å². The van der Waals surface area contributed by atoms with Crippen LogP contribution in [0, 0.1) is 0 Å². The maximum Gasteiger partial charge on any atom is 0.336 e. The molecular formula is C34H24O10. The molecule has 0 aliphatic rings.